The SMILES string of the molecule is CCOC(=O)CN1CSc2nnc(-c3cc(C(C)(C)C)cc(C(C)(C)C)c3)n2C1. The van der Waals surface area contributed by atoms with Crippen LogP contribution in [0.25, 0.3) is 11.4 Å². The van der Waals surface area contributed by atoms with Crippen molar-refractivity contribution in [3.8, 4) is 11.4 Å². The number of fused-ring (bicyclic) bond motifs is 1. The van der Waals surface area contributed by atoms with Crippen molar-refractivity contribution in [2.24, 2.45) is 0 Å². The Hall–Kier alpha value is -1.86. The maximum Gasteiger partial charge on any atom is 0.320 e. The van der Waals surface area contributed by atoms with Crippen LogP contribution in [0.2, 0.25) is 0 Å². The van der Waals surface area contributed by atoms with Crippen molar-refractivity contribution < 1.29 is 9.53 Å². The molecule has 0 N–H and O–H groups in total. The molecule has 1 aliphatic heterocycles. The number of nitrogens with zero attached hydrogens (tertiary/aromatic N) is 4. The molecule has 1 aliphatic rings. The van der Waals surface area contributed by atoms with Gasteiger partial charge in [0.15, 0.2) is 11.0 Å². The highest BCUT2D eigenvalue weighted by Gasteiger charge is 2.26. The van der Waals surface area contributed by atoms with Gasteiger partial charge in [0, 0.05) is 5.56 Å². The fourth-order valence-electron chi connectivity index (χ4n) is 3.23. The van der Waals surface area contributed by atoms with Crippen LogP contribution in [0.1, 0.15) is 59.6 Å². The lowest BCUT2D eigenvalue weighted by Crippen LogP contribution is -2.35. The lowest BCUT2D eigenvalue weighted by atomic mass is 9.79. The summed E-state index contributed by atoms with van der Waals surface area (Å²) in [4.78, 5) is 14.0. The third-order valence-electron chi connectivity index (χ3n) is 5.02. The highest BCUT2D eigenvalue weighted by molar-refractivity contribution is 7.99. The Labute approximate surface area is 178 Å². The van der Waals surface area contributed by atoms with E-state index in [1.807, 2.05) is 6.92 Å². The Morgan fingerprint density at radius 3 is 2.24 bits per heavy atom. The number of hydrogen-bond acceptors (Lipinski definition) is 6. The fourth-order valence-corrected chi connectivity index (χ4v) is 4.10. The summed E-state index contributed by atoms with van der Waals surface area (Å²) in [6.45, 7) is 16.5. The first-order chi connectivity index (χ1) is 13.5. The number of carbonyl (C=O) groups excluding carboxylic acids is 1. The zero-order valence-corrected chi connectivity index (χ0v) is 19.4. The van der Waals surface area contributed by atoms with Gasteiger partial charge in [0.2, 0.25) is 0 Å². The minimum Gasteiger partial charge on any atom is -0.465 e. The van der Waals surface area contributed by atoms with Crippen LogP contribution in [-0.4, -0.2) is 44.7 Å². The molecule has 0 atom stereocenters. The Bertz CT molecular complexity index is 861. The van der Waals surface area contributed by atoms with Crippen molar-refractivity contribution in [3.05, 3.63) is 29.3 Å². The van der Waals surface area contributed by atoms with Crippen LogP contribution in [0.5, 0.6) is 0 Å². The average molecular weight is 417 g/mol. The monoisotopic (exact) mass is 416 g/mol. The third kappa shape index (κ3) is 5.01. The van der Waals surface area contributed by atoms with Gasteiger partial charge >= 0.3 is 5.97 Å². The molecule has 158 valence electrons. The molecular formula is C22H32N4O2S. The molecule has 3 rings (SSSR count). The summed E-state index contributed by atoms with van der Waals surface area (Å²) in [7, 11) is 0. The standard InChI is InChI=1S/C22H32N4O2S/c1-8-28-18(27)12-25-13-26-19(23-24-20(26)29-14-25)15-9-16(21(2,3)4)11-17(10-15)22(5,6)7/h9-11H,8,12-14H2,1-7H3. The minimum absolute atomic E-state index is 0.0332. The number of ether oxygens (including phenoxy) is 1. The maximum absolute atomic E-state index is 11.9. The predicted octanol–water partition coefficient (Wildman–Crippen LogP) is 4.43. The van der Waals surface area contributed by atoms with Gasteiger partial charge < -0.3 is 4.74 Å². The molecule has 29 heavy (non-hydrogen) atoms. The number of benzene rings is 1. The number of rotatable bonds is 4. The normalized spacial score (nSPS) is 15.3. The lowest BCUT2D eigenvalue weighted by Gasteiger charge is -2.28. The Morgan fingerprint density at radius 1 is 1.07 bits per heavy atom. The molecule has 1 aromatic heterocycles. The largest absolute Gasteiger partial charge is 0.465 e. The van der Waals surface area contributed by atoms with E-state index in [0.717, 1.165) is 16.5 Å². The summed E-state index contributed by atoms with van der Waals surface area (Å²) < 4.78 is 7.20. The Balaban J connectivity index is 1.99. The van der Waals surface area contributed by atoms with E-state index < -0.39 is 0 Å². The molecule has 0 fully saturated rings. The van der Waals surface area contributed by atoms with E-state index in [-0.39, 0.29) is 23.3 Å². The maximum atomic E-state index is 11.9. The Morgan fingerprint density at radius 2 is 1.69 bits per heavy atom. The molecule has 6 nitrogen and oxygen atoms in total. The number of aromatic nitrogens is 3. The molecule has 0 unspecified atom stereocenters. The molecule has 0 aliphatic carbocycles. The third-order valence-corrected chi connectivity index (χ3v) is 6.07. The summed E-state index contributed by atoms with van der Waals surface area (Å²) >= 11 is 1.60. The molecule has 0 saturated carbocycles. The summed E-state index contributed by atoms with van der Waals surface area (Å²) in [5.41, 5.74) is 3.70. The molecule has 0 saturated heterocycles. The first-order valence-electron chi connectivity index (χ1n) is 10.1. The van der Waals surface area contributed by atoms with E-state index >= 15 is 0 Å². The summed E-state index contributed by atoms with van der Waals surface area (Å²) in [5.74, 6) is 1.35. The number of esters is 1. The van der Waals surface area contributed by atoms with E-state index in [9.17, 15) is 4.79 Å². The quantitative estimate of drug-likeness (QED) is 0.688. The second-order valence-corrected chi connectivity index (χ2v) is 10.5. The number of thioether (sulfide) groups is 1. The molecule has 7 heteroatoms. The molecule has 2 heterocycles. The van der Waals surface area contributed by atoms with Crippen molar-refractivity contribution in [2.75, 3.05) is 19.0 Å². The van der Waals surface area contributed by atoms with E-state index in [1.165, 1.54) is 11.1 Å². The van der Waals surface area contributed by atoms with Crippen molar-refractivity contribution in [2.45, 2.75) is 71.1 Å². The molecule has 2 aromatic rings. The van der Waals surface area contributed by atoms with Gasteiger partial charge in [-0.25, -0.2) is 0 Å². The summed E-state index contributed by atoms with van der Waals surface area (Å²) in [6, 6.07) is 6.75. The second-order valence-electron chi connectivity index (χ2n) is 9.58. The van der Waals surface area contributed by atoms with Crippen LogP contribution >= 0.6 is 11.8 Å². The smallest absolute Gasteiger partial charge is 0.320 e. The van der Waals surface area contributed by atoms with Crippen LogP contribution in [0.15, 0.2) is 23.4 Å². The minimum atomic E-state index is -0.198. The van der Waals surface area contributed by atoms with Crippen molar-refractivity contribution in [3.63, 3.8) is 0 Å². The summed E-state index contributed by atoms with van der Waals surface area (Å²) in [5, 5.41) is 9.80. The molecular weight excluding hydrogens is 384 g/mol. The average Bonchev–Trinajstić information content (AvgIpc) is 3.03. The van der Waals surface area contributed by atoms with Gasteiger partial charge in [-0.1, -0.05) is 59.4 Å². The number of carbonyl (C=O) groups is 1. The Kier molecular flexibility index (Phi) is 6.11. The van der Waals surface area contributed by atoms with Crippen LogP contribution < -0.4 is 0 Å². The highest BCUT2D eigenvalue weighted by Crippen LogP contribution is 2.35. The van der Waals surface area contributed by atoms with Crippen molar-refractivity contribution in [1.82, 2.24) is 19.7 Å². The van der Waals surface area contributed by atoms with Crippen LogP contribution in [0, 0.1) is 0 Å². The van der Waals surface area contributed by atoms with E-state index in [2.05, 4.69) is 79.4 Å². The van der Waals surface area contributed by atoms with Gasteiger partial charge in [0.25, 0.3) is 0 Å². The van der Waals surface area contributed by atoms with Crippen molar-refractivity contribution >= 4 is 17.7 Å². The van der Waals surface area contributed by atoms with Crippen LogP contribution in [-0.2, 0) is 27.0 Å². The molecule has 1 aromatic carbocycles. The van der Waals surface area contributed by atoms with Crippen LogP contribution in [0.3, 0.4) is 0 Å². The second kappa shape index (κ2) is 8.11. The first-order valence-corrected chi connectivity index (χ1v) is 11.1. The van der Waals surface area contributed by atoms with E-state index in [1.54, 1.807) is 11.8 Å². The fraction of sp³-hybridized carbons (Fsp3) is 0.591. The van der Waals surface area contributed by atoms with Gasteiger partial charge in [0.05, 0.1) is 25.7 Å². The van der Waals surface area contributed by atoms with Gasteiger partial charge in [-0.05, 0) is 41.0 Å². The predicted molar refractivity (Wildman–Crippen MR) is 117 cm³/mol. The van der Waals surface area contributed by atoms with Crippen molar-refractivity contribution in [1.29, 1.82) is 0 Å². The first kappa shape index (κ1) is 21.8. The lowest BCUT2D eigenvalue weighted by molar-refractivity contribution is -0.144. The molecule has 0 spiro atoms. The van der Waals surface area contributed by atoms with Gasteiger partial charge in [-0.3, -0.25) is 14.3 Å². The molecule has 0 bridgehead atoms. The zero-order valence-electron chi connectivity index (χ0n) is 18.6. The van der Waals surface area contributed by atoms with Gasteiger partial charge in [0.1, 0.15) is 0 Å². The highest BCUT2D eigenvalue weighted by atomic mass is 32.2. The number of hydrogen-bond donors (Lipinski definition) is 0. The zero-order chi connectivity index (χ0) is 21.4. The summed E-state index contributed by atoms with van der Waals surface area (Å²) in [6.07, 6.45) is 0. The van der Waals surface area contributed by atoms with E-state index in [4.69, 9.17) is 4.74 Å². The van der Waals surface area contributed by atoms with Gasteiger partial charge in [-0.2, -0.15) is 0 Å². The van der Waals surface area contributed by atoms with Gasteiger partial charge in [-0.15, -0.1) is 10.2 Å². The van der Waals surface area contributed by atoms with E-state index in [0.29, 0.717) is 19.2 Å². The topological polar surface area (TPSA) is 60.2 Å². The molecule has 0 radical (unpaired) electrons. The van der Waals surface area contributed by atoms with Crippen LogP contribution in [0.4, 0.5) is 0 Å². The molecule has 0 amide bonds.